The summed E-state index contributed by atoms with van der Waals surface area (Å²) in [7, 11) is 0. The van der Waals surface area contributed by atoms with Gasteiger partial charge in [-0.2, -0.15) is 0 Å². The van der Waals surface area contributed by atoms with Crippen molar-refractivity contribution in [3.63, 3.8) is 0 Å². The molecule has 1 aromatic heterocycles. The number of hydrogen-bond donors (Lipinski definition) is 0. The molecule has 0 atom stereocenters. The van der Waals surface area contributed by atoms with Crippen LogP contribution >= 0.6 is 0 Å². The average molecular weight is 248 g/mol. The predicted octanol–water partition coefficient (Wildman–Crippen LogP) is 2.11. The smallest absolute Gasteiger partial charge is 0.225 e. The van der Waals surface area contributed by atoms with Gasteiger partial charge in [0, 0.05) is 44.2 Å². The van der Waals surface area contributed by atoms with Crippen LogP contribution in [0.5, 0.6) is 5.75 Å². The highest BCUT2D eigenvalue weighted by atomic mass is 16.5. The molecule has 1 aliphatic rings. The van der Waals surface area contributed by atoms with E-state index in [1.807, 2.05) is 30.9 Å². The van der Waals surface area contributed by atoms with Crippen LogP contribution in [-0.4, -0.2) is 35.0 Å². The first-order chi connectivity index (χ1) is 8.66. The Morgan fingerprint density at radius 2 is 1.94 bits per heavy atom. The number of pyridine rings is 1. The minimum absolute atomic E-state index is 0.0858. The predicted molar refractivity (Wildman–Crippen MR) is 69.3 cm³/mol. The van der Waals surface area contributed by atoms with E-state index in [0.717, 1.165) is 31.7 Å². The molecule has 0 aromatic carbocycles. The Kier molecular flexibility index (Phi) is 4.18. The Morgan fingerprint density at radius 3 is 2.50 bits per heavy atom. The molecule has 98 valence electrons. The Bertz CT molecular complexity index is 384. The second-order valence-corrected chi connectivity index (χ2v) is 4.98. The zero-order valence-electron chi connectivity index (χ0n) is 11.0. The fraction of sp³-hybridized carbons (Fsp3) is 0.571. The average Bonchev–Trinajstić information content (AvgIpc) is 2.40. The molecule has 1 fully saturated rings. The lowest BCUT2D eigenvalue weighted by atomic mass is 10.1. The van der Waals surface area contributed by atoms with Crippen molar-refractivity contribution in [1.82, 2.24) is 9.88 Å². The van der Waals surface area contributed by atoms with Crippen LogP contribution in [0.2, 0.25) is 0 Å². The van der Waals surface area contributed by atoms with Crippen LogP contribution in [0.3, 0.4) is 0 Å². The molecule has 0 unspecified atom stereocenters. The highest BCUT2D eigenvalue weighted by Crippen LogP contribution is 2.19. The largest absolute Gasteiger partial charge is 0.490 e. The standard InChI is InChI=1S/C14H20N2O2/c1-11(2)14(17)16-9-5-13(6-10-16)18-12-3-7-15-8-4-12/h3-4,7-8,11,13H,5-6,9-10H2,1-2H3. The third-order valence-corrected chi connectivity index (χ3v) is 3.20. The number of nitrogens with zero attached hydrogens (tertiary/aromatic N) is 2. The first kappa shape index (κ1) is 12.9. The molecule has 4 heteroatoms. The van der Waals surface area contributed by atoms with Gasteiger partial charge >= 0.3 is 0 Å². The van der Waals surface area contributed by atoms with Crippen LogP contribution in [0.4, 0.5) is 0 Å². The van der Waals surface area contributed by atoms with Gasteiger partial charge in [0.25, 0.3) is 0 Å². The fourth-order valence-corrected chi connectivity index (χ4v) is 2.17. The molecule has 0 bridgehead atoms. The third kappa shape index (κ3) is 3.22. The summed E-state index contributed by atoms with van der Waals surface area (Å²) in [5.74, 6) is 1.19. The topological polar surface area (TPSA) is 42.4 Å². The normalized spacial score (nSPS) is 16.9. The molecule has 4 nitrogen and oxygen atoms in total. The Morgan fingerprint density at radius 1 is 1.33 bits per heavy atom. The van der Waals surface area contributed by atoms with Crippen molar-refractivity contribution in [2.24, 2.45) is 5.92 Å². The zero-order valence-corrected chi connectivity index (χ0v) is 11.0. The molecule has 1 aromatic rings. The van der Waals surface area contributed by atoms with Gasteiger partial charge in [0.05, 0.1) is 0 Å². The summed E-state index contributed by atoms with van der Waals surface area (Å²) in [6, 6.07) is 3.73. The van der Waals surface area contributed by atoms with Crippen molar-refractivity contribution in [3.8, 4) is 5.75 Å². The van der Waals surface area contributed by atoms with E-state index in [-0.39, 0.29) is 17.9 Å². The molecule has 0 spiro atoms. The Labute approximate surface area is 108 Å². The van der Waals surface area contributed by atoms with Gasteiger partial charge in [0.15, 0.2) is 0 Å². The number of carbonyl (C=O) groups excluding carboxylic acids is 1. The molecule has 0 aliphatic carbocycles. The monoisotopic (exact) mass is 248 g/mol. The van der Waals surface area contributed by atoms with Crippen molar-refractivity contribution in [3.05, 3.63) is 24.5 Å². The van der Waals surface area contributed by atoms with Crippen molar-refractivity contribution < 1.29 is 9.53 Å². The molecule has 2 rings (SSSR count). The second-order valence-electron chi connectivity index (χ2n) is 4.98. The van der Waals surface area contributed by atoms with E-state index in [0.29, 0.717) is 0 Å². The molecule has 2 heterocycles. The molecule has 1 aliphatic heterocycles. The Balaban J connectivity index is 1.82. The molecular formula is C14H20N2O2. The van der Waals surface area contributed by atoms with Crippen LogP contribution in [0.25, 0.3) is 0 Å². The summed E-state index contributed by atoms with van der Waals surface area (Å²) in [6.45, 7) is 5.49. The molecule has 18 heavy (non-hydrogen) atoms. The van der Waals surface area contributed by atoms with Crippen LogP contribution < -0.4 is 4.74 Å². The van der Waals surface area contributed by atoms with Gasteiger partial charge in [-0.3, -0.25) is 9.78 Å². The summed E-state index contributed by atoms with van der Waals surface area (Å²) in [5.41, 5.74) is 0. The lowest BCUT2D eigenvalue weighted by Crippen LogP contribution is -2.43. The van der Waals surface area contributed by atoms with Gasteiger partial charge in [0.2, 0.25) is 5.91 Å². The maximum Gasteiger partial charge on any atom is 0.225 e. The van der Waals surface area contributed by atoms with Crippen LogP contribution in [0, 0.1) is 5.92 Å². The highest BCUT2D eigenvalue weighted by Gasteiger charge is 2.25. The number of hydrogen-bond acceptors (Lipinski definition) is 3. The molecule has 1 amide bonds. The summed E-state index contributed by atoms with van der Waals surface area (Å²) < 4.78 is 5.87. The maximum atomic E-state index is 11.8. The van der Waals surface area contributed by atoms with Crippen molar-refractivity contribution in [1.29, 1.82) is 0 Å². The van der Waals surface area contributed by atoms with Crippen molar-refractivity contribution in [2.45, 2.75) is 32.8 Å². The van der Waals surface area contributed by atoms with Crippen LogP contribution in [-0.2, 0) is 4.79 Å². The fourth-order valence-electron chi connectivity index (χ4n) is 2.17. The highest BCUT2D eigenvalue weighted by molar-refractivity contribution is 5.78. The van der Waals surface area contributed by atoms with Crippen LogP contribution in [0.15, 0.2) is 24.5 Å². The molecule has 1 saturated heterocycles. The molecule has 0 radical (unpaired) electrons. The number of carbonyl (C=O) groups is 1. The van der Waals surface area contributed by atoms with Gasteiger partial charge in [-0.05, 0) is 12.1 Å². The first-order valence-corrected chi connectivity index (χ1v) is 6.52. The van der Waals surface area contributed by atoms with Gasteiger partial charge in [-0.15, -0.1) is 0 Å². The zero-order chi connectivity index (χ0) is 13.0. The van der Waals surface area contributed by atoms with E-state index >= 15 is 0 Å². The third-order valence-electron chi connectivity index (χ3n) is 3.20. The van der Waals surface area contributed by atoms with E-state index in [1.165, 1.54) is 0 Å². The second kappa shape index (κ2) is 5.85. The number of aromatic nitrogens is 1. The van der Waals surface area contributed by atoms with E-state index in [9.17, 15) is 4.79 Å². The van der Waals surface area contributed by atoms with Crippen molar-refractivity contribution >= 4 is 5.91 Å². The van der Waals surface area contributed by atoms with E-state index < -0.39 is 0 Å². The first-order valence-electron chi connectivity index (χ1n) is 6.52. The summed E-state index contributed by atoms with van der Waals surface area (Å²) in [5, 5.41) is 0. The van der Waals surface area contributed by atoms with Gasteiger partial charge in [-0.25, -0.2) is 0 Å². The minimum atomic E-state index is 0.0858. The number of amides is 1. The van der Waals surface area contributed by atoms with Gasteiger partial charge in [-0.1, -0.05) is 13.8 Å². The summed E-state index contributed by atoms with van der Waals surface area (Å²) in [6.07, 6.45) is 5.48. The maximum absolute atomic E-state index is 11.8. The quantitative estimate of drug-likeness (QED) is 0.822. The lowest BCUT2D eigenvalue weighted by Gasteiger charge is -2.33. The number of ether oxygens (including phenoxy) is 1. The summed E-state index contributed by atoms with van der Waals surface area (Å²) >= 11 is 0. The molecule has 0 N–H and O–H groups in total. The number of piperidine rings is 1. The molecule has 0 saturated carbocycles. The van der Waals surface area contributed by atoms with Crippen LogP contribution in [0.1, 0.15) is 26.7 Å². The minimum Gasteiger partial charge on any atom is -0.490 e. The van der Waals surface area contributed by atoms with E-state index in [4.69, 9.17) is 4.74 Å². The Hall–Kier alpha value is -1.58. The summed E-state index contributed by atoms with van der Waals surface area (Å²) in [4.78, 5) is 17.7. The van der Waals surface area contributed by atoms with E-state index in [1.54, 1.807) is 12.4 Å². The SMILES string of the molecule is CC(C)C(=O)N1CCC(Oc2ccncc2)CC1. The number of likely N-dealkylation sites (tertiary alicyclic amines) is 1. The van der Waals surface area contributed by atoms with Gasteiger partial charge < -0.3 is 9.64 Å². The van der Waals surface area contributed by atoms with E-state index in [2.05, 4.69) is 4.98 Å². The molecular weight excluding hydrogens is 228 g/mol. The lowest BCUT2D eigenvalue weighted by molar-refractivity contribution is -0.136. The number of rotatable bonds is 3. The van der Waals surface area contributed by atoms with Gasteiger partial charge in [0.1, 0.15) is 11.9 Å². The van der Waals surface area contributed by atoms with Crippen molar-refractivity contribution in [2.75, 3.05) is 13.1 Å².